The van der Waals surface area contributed by atoms with Gasteiger partial charge < -0.3 is 18.9 Å². The molecule has 2 aromatic carbocycles. The first kappa shape index (κ1) is 19.5. The molecular weight excluding hydrogens is 356 g/mol. The molecule has 6 nitrogen and oxygen atoms in total. The molecule has 0 aliphatic rings. The highest BCUT2D eigenvalue weighted by Crippen LogP contribution is 2.20. The van der Waals surface area contributed by atoms with Crippen molar-refractivity contribution in [3.05, 3.63) is 76.7 Å². The number of aromatic nitrogens is 1. The summed E-state index contributed by atoms with van der Waals surface area (Å²) in [5.41, 5.74) is 3.34. The van der Waals surface area contributed by atoms with Crippen LogP contribution in [0.5, 0.6) is 11.5 Å². The van der Waals surface area contributed by atoms with E-state index in [4.69, 9.17) is 14.0 Å². The molecule has 0 saturated carbocycles. The van der Waals surface area contributed by atoms with Gasteiger partial charge in [-0.25, -0.2) is 0 Å². The number of rotatable bonds is 7. The van der Waals surface area contributed by atoms with Crippen LogP contribution < -0.4 is 9.47 Å². The first-order valence-electron chi connectivity index (χ1n) is 9.01. The summed E-state index contributed by atoms with van der Waals surface area (Å²) in [6.45, 7) is 4.59. The smallest absolute Gasteiger partial charge is 0.254 e. The van der Waals surface area contributed by atoms with Crippen LogP contribution in [-0.2, 0) is 13.2 Å². The Labute approximate surface area is 164 Å². The summed E-state index contributed by atoms with van der Waals surface area (Å²) in [4.78, 5) is 14.5. The number of hydrogen-bond donors (Lipinski definition) is 0. The summed E-state index contributed by atoms with van der Waals surface area (Å²) in [5.74, 6) is 2.09. The van der Waals surface area contributed by atoms with Crippen molar-refractivity contribution in [1.29, 1.82) is 0 Å². The summed E-state index contributed by atoms with van der Waals surface area (Å²) in [6.07, 6.45) is 0. The van der Waals surface area contributed by atoms with Gasteiger partial charge in [-0.2, -0.15) is 0 Å². The summed E-state index contributed by atoms with van der Waals surface area (Å²) in [6, 6.07) is 14.9. The highest BCUT2D eigenvalue weighted by molar-refractivity contribution is 5.94. The van der Waals surface area contributed by atoms with E-state index in [2.05, 4.69) is 5.16 Å². The van der Waals surface area contributed by atoms with Crippen molar-refractivity contribution in [2.75, 3.05) is 14.2 Å². The van der Waals surface area contributed by atoms with Gasteiger partial charge >= 0.3 is 0 Å². The van der Waals surface area contributed by atoms with Gasteiger partial charge in [0, 0.05) is 19.2 Å². The molecule has 0 aliphatic heterocycles. The average Bonchev–Trinajstić information content (AvgIpc) is 3.04. The molecule has 0 bridgehead atoms. The summed E-state index contributed by atoms with van der Waals surface area (Å²) in [7, 11) is 3.41. The maximum absolute atomic E-state index is 12.8. The lowest BCUT2D eigenvalue weighted by atomic mass is 10.1. The molecule has 0 radical (unpaired) electrons. The predicted octanol–water partition coefficient (Wildman–Crippen LogP) is 4.15. The Kier molecular flexibility index (Phi) is 5.99. The van der Waals surface area contributed by atoms with Crippen LogP contribution in [0.25, 0.3) is 0 Å². The highest BCUT2D eigenvalue weighted by Gasteiger charge is 2.14. The van der Waals surface area contributed by atoms with Crippen molar-refractivity contribution >= 4 is 5.91 Å². The number of hydrogen-bond acceptors (Lipinski definition) is 5. The molecule has 1 aromatic heterocycles. The van der Waals surface area contributed by atoms with Crippen LogP contribution in [0.15, 0.2) is 53.1 Å². The maximum Gasteiger partial charge on any atom is 0.254 e. The predicted molar refractivity (Wildman–Crippen MR) is 106 cm³/mol. The molecule has 0 spiro atoms. The first-order chi connectivity index (χ1) is 13.5. The Morgan fingerprint density at radius 2 is 1.86 bits per heavy atom. The molecule has 0 N–H and O–H groups in total. The number of amides is 1. The van der Waals surface area contributed by atoms with E-state index < -0.39 is 0 Å². The molecule has 0 aliphatic carbocycles. The molecule has 1 heterocycles. The van der Waals surface area contributed by atoms with E-state index in [9.17, 15) is 4.79 Å². The highest BCUT2D eigenvalue weighted by atomic mass is 16.5. The van der Waals surface area contributed by atoms with Gasteiger partial charge in [0.15, 0.2) is 0 Å². The van der Waals surface area contributed by atoms with Crippen molar-refractivity contribution in [2.24, 2.45) is 0 Å². The van der Waals surface area contributed by atoms with Gasteiger partial charge in [0.05, 0.1) is 18.4 Å². The fraction of sp³-hybridized carbons (Fsp3) is 0.273. The van der Waals surface area contributed by atoms with Crippen LogP contribution in [-0.4, -0.2) is 30.1 Å². The SMILES string of the molecule is COc1ccc(CN(C)C(=O)c2cccc(OCc3c(C)noc3C)c2)cc1. The van der Waals surface area contributed by atoms with Gasteiger partial charge in [-0.05, 0) is 49.7 Å². The summed E-state index contributed by atoms with van der Waals surface area (Å²) >= 11 is 0. The fourth-order valence-corrected chi connectivity index (χ4v) is 2.88. The van der Waals surface area contributed by atoms with Crippen LogP contribution >= 0.6 is 0 Å². The van der Waals surface area contributed by atoms with E-state index in [0.29, 0.717) is 24.5 Å². The zero-order valence-electron chi connectivity index (χ0n) is 16.6. The van der Waals surface area contributed by atoms with Crippen LogP contribution in [0, 0.1) is 13.8 Å². The van der Waals surface area contributed by atoms with Gasteiger partial charge in [-0.1, -0.05) is 23.4 Å². The monoisotopic (exact) mass is 380 g/mol. The minimum atomic E-state index is -0.0707. The van der Waals surface area contributed by atoms with Gasteiger partial charge in [-0.3, -0.25) is 4.79 Å². The molecule has 3 rings (SSSR count). The topological polar surface area (TPSA) is 64.8 Å². The Morgan fingerprint density at radius 1 is 1.11 bits per heavy atom. The lowest BCUT2D eigenvalue weighted by Gasteiger charge is -2.18. The Hall–Kier alpha value is -3.28. The molecule has 0 saturated heterocycles. The Morgan fingerprint density at radius 3 is 2.50 bits per heavy atom. The molecular formula is C22H24N2O4. The molecule has 146 valence electrons. The number of carbonyl (C=O) groups is 1. The minimum Gasteiger partial charge on any atom is -0.497 e. The third-order valence-corrected chi connectivity index (χ3v) is 4.57. The van der Waals surface area contributed by atoms with Gasteiger partial charge in [0.25, 0.3) is 5.91 Å². The van der Waals surface area contributed by atoms with Crippen molar-refractivity contribution in [3.8, 4) is 11.5 Å². The normalized spacial score (nSPS) is 10.6. The van der Waals surface area contributed by atoms with Crippen LogP contribution in [0.4, 0.5) is 0 Å². The first-order valence-corrected chi connectivity index (χ1v) is 9.01. The molecule has 1 amide bonds. The number of aryl methyl sites for hydroxylation is 2. The molecule has 0 fully saturated rings. The van der Waals surface area contributed by atoms with E-state index >= 15 is 0 Å². The maximum atomic E-state index is 12.8. The minimum absolute atomic E-state index is 0.0707. The molecule has 3 aromatic rings. The van der Waals surface area contributed by atoms with Crippen LogP contribution in [0.2, 0.25) is 0 Å². The average molecular weight is 380 g/mol. The Bertz CT molecular complexity index is 928. The Balaban J connectivity index is 1.65. The number of carbonyl (C=O) groups excluding carboxylic acids is 1. The fourth-order valence-electron chi connectivity index (χ4n) is 2.88. The third-order valence-electron chi connectivity index (χ3n) is 4.57. The van der Waals surface area contributed by atoms with Gasteiger partial charge in [0.2, 0.25) is 0 Å². The second-order valence-electron chi connectivity index (χ2n) is 6.63. The molecule has 0 unspecified atom stereocenters. The quantitative estimate of drug-likeness (QED) is 0.616. The standard InChI is InChI=1S/C22H24N2O4/c1-15-21(16(2)28-23-15)14-27-20-7-5-6-18(12-20)22(25)24(3)13-17-8-10-19(26-4)11-9-17/h5-12H,13-14H2,1-4H3. The molecule has 0 atom stereocenters. The lowest BCUT2D eigenvalue weighted by Crippen LogP contribution is -2.26. The molecule has 28 heavy (non-hydrogen) atoms. The zero-order valence-corrected chi connectivity index (χ0v) is 16.6. The third kappa shape index (κ3) is 4.52. The summed E-state index contributed by atoms with van der Waals surface area (Å²) < 4.78 is 16.2. The number of benzene rings is 2. The van der Waals surface area contributed by atoms with Crippen molar-refractivity contribution in [3.63, 3.8) is 0 Å². The summed E-state index contributed by atoms with van der Waals surface area (Å²) in [5, 5.41) is 3.92. The van der Waals surface area contributed by atoms with Crippen LogP contribution in [0.3, 0.4) is 0 Å². The number of methoxy groups -OCH3 is 1. The number of ether oxygens (including phenoxy) is 2. The van der Waals surface area contributed by atoms with Gasteiger partial charge in [-0.15, -0.1) is 0 Å². The molecule has 6 heteroatoms. The van der Waals surface area contributed by atoms with E-state index in [1.165, 1.54) is 0 Å². The van der Waals surface area contributed by atoms with Crippen molar-refractivity contribution < 1.29 is 18.8 Å². The zero-order chi connectivity index (χ0) is 20.1. The van der Waals surface area contributed by atoms with Crippen molar-refractivity contribution in [1.82, 2.24) is 10.1 Å². The van der Waals surface area contributed by atoms with E-state index in [0.717, 1.165) is 28.3 Å². The second-order valence-corrected chi connectivity index (χ2v) is 6.63. The lowest BCUT2D eigenvalue weighted by molar-refractivity contribution is 0.0784. The van der Waals surface area contributed by atoms with E-state index in [1.54, 1.807) is 31.2 Å². The van der Waals surface area contributed by atoms with Crippen LogP contribution in [0.1, 0.15) is 32.9 Å². The second kappa shape index (κ2) is 8.61. The van der Waals surface area contributed by atoms with Gasteiger partial charge in [0.1, 0.15) is 23.9 Å². The largest absolute Gasteiger partial charge is 0.497 e. The number of nitrogens with zero attached hydrogens (tertiary/aromatic N) is 2. The van der Waals surface area contributed by atoms with Crippen molar-refractivity contribution in [2.45, 2.75) is 27.0 Å². The van der Waals surface area contributed by atoms with E-state index in [1.807, 2.05) is 50.2 Å². The van der Waals surface area contributed by atoms with E-state index in [-0.39, 0.29) is 5.91 Å².